The molecular weight excluding hydrogens is 274 g/mol. The fourth-order valence-corrected chi connectivity index (χ4v) is 2.36. The van der Waals surface area contributed by atoms with Crippen LogP contribution >= 0.6 is 0 Å². The van der Waals surface area contributed by atoms with Crippen LogP contribution in [0.4, 0.5) is 0 Å². The molecule has 3 nitrogen and oxygen atoms in total. The number of hydrogen-bond donors (Lipinski definition) is 1. The Balaban J connectivity index is 2.04. The molecule has 0 aliphatic rings. The van der Waals surface area contributed by atoms with Gasteiger partial charge in [0.25, 0.3) is 0 Å². The van der Waals surface area contributed by atoms with Gasteiger partial charge in [-0.3, -0.25) is 4.79 Å². The molecule has 0 saturated carbocycles. The highest BCUT2D eigenvalue weighted by molar-refractivity contribution is 5.47. The minimum absolute atomic E-state index is 0.169. The van der Waals surface area contributed by atoms with Crippen LogP contribution < -0.4 is 10.1 Å². The van der Waals surface area contributed by atoms with Crippen LogP contribution in [0.5, 0.6) is 5.75 Å². The third-order valence-electron chi connectivity index (χ3n) is 3.77. The van der Waals surface area contributed by atoms with Gasteiger partial charge in [-0.25, -0.2) is 0 Å². The standard InChI is InChI=1S/C19H23NO2/c1-3-18(20-14-21)11-17-10-9-15(2)19(12-17)22-13-16-7-5-4-6-8-16/h4-10,12,14,18H,3,11,13H2,1-2H3,(H,20,21)/t18-/m1/s1. The first-order chi connectivity index (χ1) is 10.7. The summed E-state index contributed by atoms with van der Waals surface area (Å²) in [6, 6.07) is 16.6. The Kier molecular flexibility index (Phi) is 6.01. The maximum absolute atomic E-state index is 10.6. The Bertz CT molecular complexity index is 596. The molecule has 0 aliphatic heterocycles. The number of nitrogens with one attached hydrogen (secondary N) is 1. The van der Waals surface area contributed by atoms with E-state index < -0.39 is 0 Å². The van der Waals surface area contributed by atoms with Crippen molar-refractivity contribution in [1.29, 1.82) is 0 Å². The molecule has 0 saturated heterocycles. The lowest BCUT2D eigenvalue weighted by atomic mass is 10.0. The van der Waals surface area contributed by atoms with Crippen LogP contribution in [0.15, 0.2) is 48.5 Å². The van der Waals surface area contributed by atoms with Crippen molar-refractivity contribution in [3.63, 3.8) is 0 Å². The SMILES string of the molecule is CC[C@H](Cc1ccc(C)c(OCc2ccccc2)c1)NC=O. The van der Waals surface area contributed by atoms with Crippen molar-refractivity contribution < 1.29 is 9.53 Å². The predicted octanol–water partition coefficient (Wildman–Crippen LogP) is 3.64. The molecule has 0 fully saturated rings. The summed E-state index contributed by atoms with van der Waals surface area (Å²) in [5.74, 6) is 0.905. The number of carbonyl (C=O) groups excluding carboxylic acids is 1. The smallest absolute Gasteiger partial charge is 0.207 e. The Morgan fingerprint density at radius 2 is 1.91 bits per heavy atom. The molecule has 1 N–H and O–H groups in total. The van der Waals surface area contributed by atoms with Gasteiger partial charge < -0.3 is 10.1 Å². The zero-order valence-corrected chi connectivity index (χ0v) is 13.2. The second kappa shape index (κ2) is 8.23. The summed E-state index contributed by atoms with van der Waals surface area (Å²) in [5, 5.41) is 2.85. The molecule has 22 heavy (non-hydrogen) atoms. The summed E-state index contributed by atoms with van der Waals surface area (Å²) in [6.07, 6.45) is 2.50. The Hall–Kier alpha value is -2.29. The highest BCUT2D eigenvalue weighted by atomic mass is 16.5. The first-order valence-corrected chi connectivity index (χ1v) is 7.69. The number of rotatable bonds is 8. The number of ether oxygens (including phenoxy) is 1. The summed E-state index contributed by atoms with van der Waals surface area (Å²) in [6.45, 7) is 4.68. The maximum atomic E-state index is 10.6. The van der Waals surface area contributed by atoms with Gasteiger partial charge >= 0.3 is 0 Å². The van der Waals surface area contributed by atoms with Crippen LogP contribution in [0.2, 0.25) is 0 Å². The average Bonchev–Trinajstić information content (AvgIpc) is 2.55. The van der Waals surface area contributed by atoms with Gasteiger partial charge in [0, 0.05) is 6.04 Å². The molecule has 2 aromatic carbocycles. The first kappa shape index (κ1) is 16.1. The van der Waals surface area contributed by atoms with Crippen molar-refractivity contribution >= 4 is 6.41 Å². The molecule has 0 spiro atoms. The Morgan fingerprint density at radius 3 is 2.59 bits per heavy atom. The zero-order chi connectivity index (χ0) is 15.8. The summed E-state index contributed by atoms with van der Waals surface area (Å²) >= 11 is 0. The van der Waals surface area contributed by atoms with Crippen LogP contribution in [0.1, 0.15) is 30.0 Å². The van der Waals surface area contributed by atoms with Crippen LogP contribution in [0, 0.1) is 6.92 Å². The molecule has 2 aromatic rings. The number of aryl methyl sites for hydroxylation is 1. The lowest BCUT2D eigenvalue weighted by Crippen LogP contribution is -2.29. The second-order valence-corrected chi connectivity index (χ2v) is 5.47. The number of benzene rings is 2. The second-order valence-electron chi connectivity index (χ2n) is 5.47. The Morgan fingerprint density at radius 1 is 1.14 bits per heavy atom. The van der Waals surface area contributed by atoms with Gasteiger partial charge in [-0.1, -0.05) is 49.4 Å². The van der Waals surface area contributed by atoms with Crippen LogP contribution in [-0.4, -0.2) is 12.5 Å². The summed E-state index contributed by atoms with van der Waals surface area (Å²) in [4.78, 5) is 10.6. The number of carbonyl (C=O) groups is 1. The van der Waals surface area contributed by atoms with E-state index in [9.17, 15) is 4.79 Å². The van der Waals surface area contributed by atoms with Crippen molar-refractivity contribution in [2.24, 2.45) is 0 Å². The molecule has 2 rings (SSSR count). The van der Waals surface area contributed by atoms with E-state index in [0.717, 1.165) is 36.1 Å². The van der Waals surface area contributed by atoms with E-state index in [0.29, 0.717) is 6.61 Å². The first-order valence-electron chi connectivity index (χ1n) is 7.69. The van der Waals surface area contributed by atoms with Gasteiger partial charge in [-0.2, -0.15) is 0 Å². The van der Waals surface area contributed by atoms with E-state index in [1.165, 1.54) is 5.56 Å². The van der Waals surface area contributed by atoms with Gasteiger partial charge in [0.05, 0.1) is 0 Å². The molecule has 3 heteroatoms. The molecule has 0 bridgehead atoms. The predicted molar refractivity (Wildman–Crippen MR) is 88.9 cm³/mol. The third kappa shape index (κ3) is 4.62. The van der Waals surface area contributed by atoms with Crippen LogP contribution in [-0.2, 0) is 17.8 Å². The quantitative estimate of drug-likeness (QED) is 0.755. The monoisotopic (exact) mass is 297 g/mol. The van der Waals surface area contributed by atoms with Gasteiger partial charge in [0.2, 0.25) is 6.41 Å². The lowest BCUT2D eigenvalue weighted by molar-refractivity contribution is -0.110. The highest BCUT2D eigenvalue weighted by Crippen LogP contribution is 2.22. The molecule has 1 amide bonds. The van der Waals surface area contributed by atoms with E-state index in [2.05, 4.69) is 42.6 Å². The molecule has 0 aliphatic carbocycles. The van der Waals surface area contributed by atoms with Gasteiger partial charge in [0.1, 0.15) is 12.4 Å². The summed E-state index contributed by atoms with van der Waals surface area (Å²) < 4.78 is 5.95. The highest BCUT2D eigenvalue weighted by Gasteiger charge is 2.08. The molecule has 116 valence electrons. The lowest BCUT2D eigenvalue weighted by Gasteiger charge is -2.16. The maximum Gasteiger partial charge on any atom is 0.207 e. The molecular formula is C19H23NO2. The van der Waals surface area contributed by atoms with E-state index in [1.54, 1.807) is 0 Å². The Labute approximate surface area is 132 Å². The normalized spacial score (nSPS) is 11.7. The number of amides is 1. The number of hydrogen-bond acceptors (Lipinski definition) is 2. The van der Waals surface area contributed by atoms with Crippen molar-refractivity contribution in [1.82, 2.24) is 5.32 Å². The van der Waals surface area contributed by atoms with Crippen LogP contribution in [0.25, 0.3) is 0 Å². The van der Waals surface area contributed by atoms with Crippen molar-refractivity contribution in [3.8, 4) is 5.75 Å². The van der Waals surface area contributed by atoms with E-state index in [1.807, 2.05) is 25.1 Å². The molecule has 0 radical (unpaired) electrons. The van der Waals surface area contributed by atoms with E-state index >= 15 is 0 Å². The van der Waals surface area contributed by atoms with Crippen molar-refractivity contribution in [2.75, 3.05) is 0 Å². The molecule has 0 aromatic heterocycles. The average molecular weight is 297 g/mol. The topological polar surface area (TPSA) is 38.3 Å². The van der Waals surface area contributed by atoms with Crippen molar-refractivity contribution in [3.05, 3.63) is 65.2 Å². The zero-order valence-electron chi connectivity index (χ0n) is 13.2. The summed E-state index contributed by atoms with van der Waals surface area (Å²) in [5.41, 5.74) is 3.45. The van der Waals surface area contributed by atoms with Gasteiger partial charge in [-0.05, 0) is 42.5 Å². The molecule has 1 atom stereocenters. The van der Waals surface area contributed by atoms with E-state index in [4.69, 9.17) is 4.74 Å². The molecule has 0 unspecified atom stereocenters. The third-order valence-corrected chi connectivity index (χ3v) is 3.77. The molecule has 0 heterocycles. The summed E-state index contributed by atoms with van der Waals surface area (Å²) in [7, 11) is 0. The van der Waals surface area contributed by atoms with Gasteiger partial charge in [-0.15, -0.1) is 0 Å². The largest absolute Gasteiger partial charge is 0.489 e. The fourth-order valence-electron chi connectivity index (χ4n) is 2.36. The van der Waals surface area contributed by atoms with Crippen LogP contribution in [0.3, 0.4) is 0 Å². The van der Waals surface area contributed by atoms with E-state index in [-0.39, 0.29) is 6.04 Å². The fraction of sp³-hybridized carbons (Fsp3) is 0.316. The minimum Gasteiger partial charge on any atom is -0.489 e. The minimum atomic E-state index is 0.169. The van der Waals surface area contributed by atoms with Crippen molar-refractivity contribution in [2.45, 2.75) is 39.3 Å². The van der Waals surface area contributed by atoms with Gasteiger partial charge in [0.15, 0.2) is 0 Å².